The van der Waals surface area contributed by atoms with E-state index in [1.807, 2.05) is 24.3 Å². The first kappa shape index (κ1) is 22.9. The number of para-hydroxylation sites is 1. The van der Waals surface area contributed by atoms with Crippen molar-refractivity contribution in [3.05, 3.63) is 107 Å². The molecule has 0 fully saturated rings. The van der Waals surface area contributed by atoms with Gasteiger partial charge in [-0.1, -0.05) is 66.7 Å². The van der Waals surface area contributed by atoms with Crippen LogP contribution in [0.2, 0.25) is 0 Å². The molecule has 0 saturated heterocycles. The van der Waals surface area contributed by atoms with Gasteiger partial charge in [0.05, 0.1) is 12.7 Å². The fourth-order valence-electron chi connectivity index (χ4n) is 5.09. The van der Waals surface area contributed by atoms with Crippen molar-refractivity contribution in [2.75, 3.05) is 13.7 Å². The first-order valence-corrected chi connectivity index (χ1v) is 11.9. The van der Waals surface area contributed by atoms with Crippen LogP contribution in [-0.4, -0.2) is 30.8 Å². The third-order valence-corrected chi connectivity index (χ3v) is 6.88. The molecule has 5 nitrogen and oxygen atoms in total. The molecule has 3 atom stereocenters. The number of fused-ring (bicyclic) bond motifs is 2. The van der Waals surface area contributed by atoms with E-state index in [9.17, 15) is 9.90 Å². The Kier molecular flexibility index (Phi) is 6.43. The van der Waals surface area contributed by atoms with Crippen molar-refractivity contribution in [1.82, 2.24) is 5.32 Å². The van der Waals surface area contributed by atoms with E-state index in [2.05, 4.69) is 60.8 Å². The molecule has 1 aliphatic rings. The quantitative estimate of drug-likeness (QED) is 0.340. The predicted molar refractivity (Wildman–Crippen MR) is 138 cm³/mol. The second-order valence-electron chi connectivity index (χ2n) is 9.03. The van der Waals surface area contributed by atoms with Crippen LogP contribution in [0.15, 0.2) is 84.9 Å². The molecule has 0 amide bonds. The van der Waals surface area contributed by atoms with Crippen LogP contribution in [0.5, 0.6) is 11.5 Å². The highest BCUT2D eigenvalue weighted by Gasteiger charge is 2.31. The SMILES string of the molecule is COc1cc(C(=O)O)ccc1C1CC(CN[C@H](C)c2cccc3ccccc23)Oc2ccccc21. The van der Waals surface area contributed by atoms with Gasteiger partial charge in [-0.25, -0.2) is 4.79 Å². The molecule has 1 aliphatic heterocycles. The van der Waals surface area contributed by atoms with Gasteiger partial charge < -0.3 is 19.9 Å². The zero-order valence-corrected chi connectivity index (χ0v) is 19.9. The molecule has 2 N–H and O–H groups in total. The molecule has 0 aromatic heterocycles. The van der Waals surface area contributed by atoms with Gasteiger partial charge >= 0.3 is 5.97 Å². The van der Waals surface area contributed by atoms with Crippen molar-refractivity contribution >= 4 is 16.7 Å². The lowest BCUT2D eigenvalue weighted by Gasteiger charge is -2.34. The number of carbonyl (C=O) groups is 1. The minimum atomic E-state index is -0.966. The van der Waals surface area contributed by atoms with Gasteiger partial charge in [0.1, 0.15) is 17.6 Å². The average molecular weight is 468 g/mol. The zero-order chi connectivity index (χ0) is 24.4. The zero-order valence-electron chi connectivity index (χ0n) is 19.9. The number of nitrogens with one attached hydrogen (secondary N) is 1. The lowest BCUT2D eigenvalue weighted by atomic mass is 9.83. The Morgan fingerprint density at radius 1 is 1.03 bits per heavy atom. The van der Waals surface area contributed by atoms with E-state index in [4.69, 9.17) is 9.47 Å². The lowest BCUT2D eigenvalue weighted by Crippen LogP contribution is -2.37. The van der Waals surface area contributed by atoms with E-state index in [-0.39, 0.29) is 23.6 Å². The maximum atomic E-state index is 11.5. The molecule has 5 rings (SSSR count). The fourth-order valence-corrected chi connectivity index (χ4v) is 5.09. The summed E-state index contributed by atoms with van der Waals surface area (Å²) in [5, 5.41) is 15.6. The highest BCUT2D eigenvalue weighted by atomic mass is 16.5. The van der Waals surface area contributed by atoms with Crippen LogP contribution < -0.4 is 14.8 Å². The summed E-state index contributed by atoms with van der Waals surface area (Å²) in [6.45, 7) is 2.87. The summed E-state index contributed by atoms with van der Waals surface area (Å²) in [7, 11) is 1.58. The number of carboxylic acid groups (broad SMARTS) is 1. The van der Waals surface area contributed by atoms with Crippen LogP contribution in [0.3, 0.4) is 0 Å². The van der Waals surface area contributed by atoms with Gasteiger partial charge in [-0.15, -0.1) is 0 Å². The number of carboxylic acids is 1. The van der Waals surface area contributed by atoms with Gasteiger partial charge in [0.2, 0.25) is 0 Å². The first-order chi connectivity index (χ1) is 17.0. The molecule has 0 saturated carbocycles. The molecule has 2 unspecified atom stereocenters. The predicted octanol–water partition coefficient (Wildman–Crippen LogP) is 6.18. The molecule has 1 heterocycles. The number of benzene rings is 4. The molecule has 0 spiro atoms. The molecular formula is C30H29NO4. The molecule has 5 heteroatoms. The van der Waals surface area contributed by atoms with Crippen molar-refractivity contribution < 1.29 is 19.4 Å². The van der Waals surface area contributed by atoms with Crippen molar-refractivity contribution in [1.29, 1.82) is 0 Å². The van der Waals surface area contributed by atoms with Gasteiger partial charge in [0.15, 0.2) is 0 Å². The molecular weight excluding hydrogens is 438 g/mol. The van der Waals surface area contributed by atoms with Gasteiger partial charge in [-0.3, -0.25) is 0 Å². The molecule has 0 bridgehead atoms. The van der Waals surface area contributed by atoms with Crippen LogP contribution >= 0.6 is 0 Å². The highest BCUT2D eigenvalue weighted by Crippen LogP contribution is 2.43. The summed E-state index contributed by atoms with van der Waals surface area (Å²) in [4.78, 5) is 11.5. The molecule has 4 aromatic carbocycles. The second-order valence-corrected chi connectivity index (χ2v) is 9.03. The summed E-state index contributed by atoms with van der Waals surface area (Å²) >= 11 is 0. The van der Waals surface area contributed by atoms with Crippen LogP contribution in [0.25, 0.3) is 10.8 Å². The Balaban J connectivity index is 1.40. The minimum Gasteiger partial charge on any atom is -0.496 e. The van der Waals surface area contributed by atoms with Crippen molar-refractivity contribution in [2.24, 2.45) is 0 Å². The summed E-state index contributed by atoms with van der Waals surface area (Å²) in [6, 6.07) is 28.2. The number of rotatable bonds is 7. The maximum absolute atomic E-state index is 11.5. The third kappa shape index (κ3) is 4.60. The lowest BCUT2D eigenvalue weighted by molar-refractivity contribution is 0.0696. The normalized spacial score (nSPS) is 17.9. The fraction of sp³-hybridized carbons (Fsp3) is 0.233. The maximum Gasteiger partial charge on any atom is 0.335 e. The highest BCUT2D eigenvalue weighted by molar-refractivity contribution is 5.88. The van der Waals surface area contributed by atoms with Crippen molar-refractivity contribution in [3.63, 3.8) is 0 Å². The summed E-state index contributed by atoms with van der Waals surface area (Å²) < 4.78 is 12.0. The Morgan fingerprint density at radius 3 is 2.63 bits per heavy atom. The Morgan fingerprint density at radius 2 is 1.80 bits per heavy atom. The number of aromatic carboxylic acids is 1. The Labute approximate surface area is 205 Å². The van der Waals surface area contributed by atoms with E-state index in [0.717, 1.165) is 23.3 Å². The average Bonchev–Trinajstić information content (AvgIpc) is 2.90. The van der Waals surface area contributed by atoms with E-state index < -0.39 is 5.97 Å². The van der Waals surface area contributed by atoms with E-state index in [0.29, 0.717) is 12.3 Å². The van der Waals surface area contributed by atoms with Gasteiger partial charge in [0.25, 0.3) is 0 Å². The summed E-state index contributed by atoms with van der Waals surface area (Å²) in [6.07, 6.45) is 0.714. The van der Waals surface area contributed by atoms with Gasteiger partial charge in [-0.2, -0.15) is 0 Å². The first-order valence-electron chi connectivity index (χ1n) is 11.9. The molecule has 0 radical (unpaired) electrons. The van der Waals surface area contributed by atoms with Crippen LogP contribution in [0.4, 0.5) is 0 Å². The molecule has 4 aromatic rings. The van der Waals surface area contributed by atoms with E-state index >= 15 is 0 Å². The minimum absolute atomic E-state index is 0.0393. The topological polar surface area (TPSA) is 67.8 Å². The second kappa shape index (κ2) is 9.80. The Hall–Kier alpha value is -3.83. The standard InChI is InChI=1S/C30H29NO4/c1-19(23-12-7-9-20-8-3-4-10-24(20)23)31-18-22-17-27(25-11-5-6-13-28(25)35-22)26-15-14-21(30(32)33)16-29(26)34-2/h3-16,19,22,27,31H,17-18H2,1-2H3,(H,32,33)/t19-,22?,27?/m1/s1. The van der Waals surface area contributed by atoms with E-state index in [1.165, 1.54) is 16.3 Å². The molecule has 0 aliphatic carbocycles. The smallest absolute Gasteiger partial charge is 0.335 e. The summed E-state index contributed by atoms with van der Waals surface area (Å²) in [5.74, 6) is 0.518. The Bertz CT molecular complexity index is 1360. The van der Waals surface area contributed by atoms with Crippen molar-refractivity contribution in [3.8, 4) is 11.5 Å². The van der Waals surface area contributed by atoms with Crippen LogP contribution in [0.1, 0.15) is 52.4 Å². The van der Waals surface area contributed by atoms with Gasteiger partial charge in [-0.05, 0) is 47.9 Å². The molecule has 35 heavy (non-hydrogen) atoms. The number of ether oxygens (including phenoxy) is 2. The van der Waals surface area contributed by atoms with Crippen LogP contribution in [-0.2, 0) is 0 Å². The monoisotopic (exact) mass is 467 g/mol. The molecule has 178 valence electrons. The number of hydrogen-bond acceptors (Lipinski definition) is 4. The van der Waals surface area contributed by atoms with Crippen LogP contribution in [0, 0.1) is 0 Å². The van der Waals surface area contributed by atoms with Crippen molar-refractivity contribution in [2.45, 2.75) is 31.4 Å². The number of hydrogen-bond donors (Lipinski definition) is 2. The van der Waals surface area contributed by atoms with Gasteiger partial charge in [0, 0.05) is 29.6 Å². The summed E-state index contributed by atoms with van der Waals surface area (Å²) in [5.41, 5.74) is 3.54. The number of methoxy groups -OCH3 is 1. The third-order valence-electron chi connectivity index (χ3n) is 6.88. The van der Waals surface area contributed by atoms with E-state index in [1.54, 1.807) is 19.2 Å². The largest absolute Gasteiger partial charge is 0.496 e.